The van der Waals surface area contributed by atoms with E-state index in [1.54, 1.807) is 37.4 Å². The fraction of sp³-hybridized carbons (Fsp3) is 0.133. The maximum Gasteiger partial charge on any atom is 0.145 e. The lowest BCUT2D eigenvalue weighted by molar-refractivity contribution is 0.412. The second-order valence-corrected chi connectivity index (χ2v) is 4.90. The highest BCUT2D eigenvalue weighted by atomic mass is 79.9. The molecule has 0 unspecified atom stereocenters. The molecule has 5 heteroatoms. The molecule has 0 spiro atoms. The molecule has 0 aliphatic heterocycles. The van der Waals surface area contributed by atoms with Gasteiger partial charge in [0.2, 0.25) is 0 Å². The molecule has 2 aromatic carbocycles. The van der Waals surface area contributed by atoms with Crippen LogP contribution < -0.4 is 15.2 Å². The molecule has 0 amide bonds. The van der Waals surface area contributed by atoms with Gasteiger partial charge in [0, 0.05) is 6.54 Å². The van der Waals surface area contributed by atoms with Crippen molar-refractivity contribution in [1.29, 1.82) is 5.26 Å². The number of nitriles is 1. The van der Waals surface area contributed by atoms with Gasteiger partial charge in [0.05, 0.1) is 17.1 Å². The third-order valence-electron chi connectivity index (χ3n) is 2.76. The Bertz CT molecular complexity index is 665. The van der Waals surface area contributed by atoms with E-state index in [2.05, 4.69) is 22.0 Å². The van der Waals surface area contributed by atoms with Crippen molar-refractivity contribution in [3.63, 3.8) is 0 Å². The van der Waals surface area contributed by atoms with Crippen molar-refractivity contribution < 1.29 is 9.47 Å². The van der Waals surface area contributed by atoms with Gasteiger partial charge >= 0.3 is 0 Å². The second-order valence-electron chi connectivity index (χ2n) is 4.04. The van der Waals surface area contributed by atoms with Gasteiger partial charge in [0.1, 0.15) is 23.3 Å². The summed E-state index contributed by atoms with van der Waals surface area (Å²) in [6.07, 6.45) is 0. The predicted molar refractivity (Wildman–Crippen MR) is 79.8 cm³/mol. The standard InChI is InChI=1S/C15H13BrN2O2/c1-19-12-3-5-15(13(16)7-12)20-14-4-2-10(8-17)6-11(14)9-18/h2-7H,8,17H2,1H3. The average Bonchev–Trinajstić information content (AvgIpc) is 2.49. The summed E-state index contributed by atoms with van der Waals surface area (Å²) in [5.41, 5.74) is 6.91. The molecule has 0 atom stereocenters. The summed E-state index contributed by atoms with van der Waals surface area (Å²) < 4.78 is 11.6. The molecule has 2 aromatic rings. The Kier molecular flexibility index (Phi) is 4.61. The van der Waals surface area contributed by atoms with Gasteiger partial charge in [-0.3, -0.25) is 0 Å². The van der Waals surface area contributed by atoms with Crippen LogP contribution in [0.25, 0.3) is 0 Å². The highest BCUT2D eigenvalue weighted by Crippen LogP contribution is 2.34. The van der Waals surface area contributed by atoms with Crippen molar-refractivity contribution in [2.24, 2.45) is 5.73 Å². The number of rotatable bonds is 4. The van der Waals surface area contributed by atoms with E-state index in [9.17, 15) is 0 Å². The minimum Gasteiger partial charge on any atom is -0.497 e. The van der Waals surface area contributed by atoms with Gasteiger partial charge in [-0.2, -0.15) is 5.26 Å². The molecule has 0 heterocycles. The van der Waals surface area contributed by atoms with Crippen LogP contribution >= 0.6 is 15.9 Å². The van der Waals surface area contributed by atoms with Gasteiger partial charge in [-0.15, -0.1) is 0 Å². The minimum atomic E-state index is 0.390. The van der Waals surface area contributed by atoms with E-state index in [0.29, 0.717) is 23.6 Å². The van der Waals surface area contributed by atoms with E-state index in [4.69, 9.17) is 20.5 Å². The normalized spacial score (nSPS) is 9.90. The largest absolute Gasteiger partial charge is 0.497 e. The summed E-state index contributed by atoms with van der Waals surface area (Å²) in [7, 11) is 1.60. The average molecular weight is 333 g/mol. The minimum absolute atomic E-state index is 0.390. The van der Waals surface area contributed by atoms with Gasteiger partial charge in [0.15, 0.2) is 0 Å². The number of nitrogens with zero attached hydrogens (tertiary/aromatic N) is 1. The third kappa shape index (κ3) is 3.10. The molecule has 0 aromatic heterocycles. The molecule has 4 nitrogen and oxygen atoms in total. The van der Waals surface area contributed by atoms with Gasteiger partial charge in [-0.05, 0) is 51.8 Å². The Hall–Kier alpha value is -2.03. The lowest BCUT2D eigenvalue weighted by atomic mass is 10.1. The molecule has 0 aliphatic carbocycles. The van der Waals surface area contributed by atoms with Crippen LogP contribution in [0.2, 0.25) is 0 Å². The maximum absolute atomic E-state index is 9.17. The van der Waals surface area contributed by atoms with Crippen LogP contribution in [0.15, 0.2) is 40.9 Å². The van der Waals surface area contributed by atoms with Crippen LogP contribution in [0, 0.1) is 11.3 Å². The number of ether oxygens (including phenoxy) is 2. The summed E-state index contributed by atoms with van der Waals surface area (Å²) in [6.45, 7) is 0.390. The topological polar surface area (TPSA) is 68.3 Å². The maximum atomic E-state index is 9.17. The summed E-state index contributed by atoms with van der Waals surface area (Å²) >= 11 is 3.41. The number of benzene rings is 2. The van der Waals surface area contributed by atoms with E-state index in [1.165, 1.54) is 0 Å². The van der Waals surface area contributed by atoms with Crippen LogP contribution in [0.1, 0.15) is 11.1 Å². The summed E-state index contributed by atoms with van der Waals surface area (Å²) in [4.78, 5) is 0. The highest BCUT2D eigenvalue weighted by Gasteiger charge is 2.09. The third-order valence-corrected chi connectivity index (χ3v) is 3.38. The van der Waals surface area contributed by atoms with E-state index in [1.807, 2.05) is 6.07 Å². The smallest absolute Gasteiger partial charge is 0.145 e. The zero-order valence-corrected chi connectivity index (χ0v) is 12.5. The Labute approximate surface area is 125 Å². The fourth-order valence-electron chi connectivity index (χ4n) is 1.69. The zero-order chi connectivity index (χ0) is 14.5. The molecule has 0 aliphatic rings. The molecule has 0 saturated heterocycles. The lowest BCUT2D eigenvalue weighted by Gasteiger charge is -2.11. The van der Waals surface area contributed by atoms with Gasteiger partial charge in [0.25, 0.3) is 0 Å². The first-order valence-electron chi connectivity index (χ1n) is 5.92. The van der Waals surface area contributed by atoms with Crippen LogP contribution in [0.3, 0.4) is 0 Å². The van der Waals surface area contributed by atoms with Gasteiger partial charge < -0.3 is 15.2 Å². The molecular weight excluding hydrogens is 320 g/mol. The number of hydrogen-bond acceptors (Lipinski definition) is 4. The van der Waals surface area contributed by atoms with Crippen LogP contribution in [0.4, 0.5) is 0 Å². The van der Waals surface area contributed by atoms with E-state index in [-0.39, 0.29) is 0 Å². The molecule has 0 saturated carbocycles. The lowest BCUT2D eigenvalue weighted by Crippen LogP contribution is -1.98. The van der Waals surface area contributed by atoms with Crippen molar-refractivity contribution in [3.8, 4) is 23.3 Å². The molecule has 2 rings (SSSR count). The van der Waals surface area contributed by atoms with Crippen molar-refractivity contribution in [3.05, 3.63) is 52.0 Å². The van der Waals surface area contributed by atoms with Crippen LogP contribution in [-0.2, 0) is 6.54 Å². The first kappa shape index (κ1) is 14.4. The molecular formula is C15H13BrN2O2. The summed E-state index contributed by atoms with van der Waals surface area (Å²) in [5, 5.41) is 9.17. The van der Waals surface area contributed by atoms with Crippen molar-refractivity contribution in [2.75, 3.05) is 7.11 Å². The molecule has 20 heavy (non-hydrogen) atoms. The van der Waals surface area contributed by atoms with Crippen LogP contribution in [0.5, 0.6) is 17.2 Å². The molecule has 0 bridgehead atoms. The van der Waals surface area contributed by atoms with Crippen molar-refractivity contribution in [1.82, 2.24) is 0 Å². The number of nitrogens with two attached hydrogens (primary N) is 1. The Morgan fingerprint density at radius 2 is 1.95 bits per heavy atom. The quantitative estimate of drug-likeness (QED) is 0.929. The summed E-state index contributed by atoms with van der Waals surface area (Å²) in [5.74, 6) is 1.83. The van der Waals surface area contributed by atoms with Crippen LogP contribution in [-0.4, -0.2) is 7.11 Å². The van der Waals surface area contributed by atoms with E-state index >= 15 is 0 Å². The Balaban J connectivity index is 2.33. The van der Waals surface area contributed by atoms with Crippen molar-refractivity contribution >= 4 is 15.9 Å². The van der Waals surface area contributed by atoms with Crippen molar-refractivity contribution in [2.45, 2.75) is 6.54 Å². The highest BCUT2D eigenvalue weighted by molar-refractivity contribution is 9.10. The van der Waals surface area contributed by atoms with E-state index in [0.717, 1.165) is 15.8 Å². The first-order valence-corrected chi connectivity index (χ1v) is 6.71. The number of halogens is 1. The fourth-order valence-corrected chi connectivity index (χ4v) is 2.13. The number of methoxy groups -OCH3 is 1. The molecule has 0 radical (unpaired) electrons. The number of hydrogen-bond donors (Lipinski definition) is 1. The molecule has 2 N–H and O–H groups in total. The Morgan fingerprint density at radius 3 is 2.55 bits per heavy atom. The Morgan fingerprint density at radius 1 is 1.20 bits per heavy atom. The molecule has 102 valence electrons. The SMILES string of the molecule is COc1ccc(Oc2ccc(CN)cc2C#N)c(Br)c1. The van der Waals surface area contributed by atoms with Gasteiger partial charge in [-0.25, -0.2) is 0 Å². The summed E-state index contributed by atoms with van der Waals surface area (Å²) in [6, 6.07) is 12.8. The van der Waals surface area contributed by atoms with E-state index < -0.39 is 0 Å². The monoisotopic (exact) mass is 332 g/mol. The second kappa shape index (κ2) is 6.42. The zero-order valence-electron chi connectivity index (χ0n) is 10.9. The molecule has 0 fully saturated rings. The first-order chi connectivity index (χ1) is 9.67. The van der Waals surface area contributed by atoms with Gasteiger partial charge in [-0.1, -0.05) is 6.07 Å². The predicted octanol–water partition coefficient (Wildman–Crippen LogP) is 3.58.